The fourth-order valence-corrected chi connectivity index (χ4v) is 3.61. The second-order valence-corrected chi connectivity index (χ2v) is 7.51. The zero-order valence-corrected chi connectivity index (χ0v) is 15.8. The van der Waals surface area contributed by atoms with Gasteiger partial charge in [-0.2, -0.15) is 10.1 Å². The molecule has 1 saturated carbocycles. The molecule has 2 aliphatic rings. The molecule has 0 amide bonds. The molecular weight excluding hydrogens is 340 g/mol. The topological polar surface area (TPSA) is 65.7 Å². The maximum atomic E-state index is 4.73. The van der Waals surface area contributed by atoms with Gasteiger partial charge in [-0.25, -0.2) is 14.5 Å². The fourth-order valence-electron chi connectivity index (χ4n) is 3.61. The standard InChI is InChI=1S/C19H24N8/c1-24(2)17-5-6-21-19(22-17)26-11-9-25(10-12-26)18-16-13-15(14-3-4-14)23-27(16)8-7-20-18/h5-8,13-14H,3-4,9-12H2,1-2H3. The third kappa shape index (κ3) is 3.05. The average molecular weight is 364 g/mol. The summed E-state index contributed by atoms with van der Waals surface area (Å²) in [4.78, 5) is 20.4. The van der Waals surface area contributed by atoms with E-state index in [1.54, 1.807) is 0 Å². The summed E-state index contributed by atoms with van der Waals surface area (Å²) in [5.41, 5.74) is 2.32. The van der Waals surface area contributed by atoms with E-state index in [1.807, 2.05) is 48.2 Å². The molecule has 27 heavy (non-hydrogen) atoms. The molecule has 3 aromatic rings. The summed E-state index contributed by atoms with van der Waals surface area (Å²) in [6.45, 7) is 3.55. The van der Waals surface area contributed by atoms with Gasteiger partial charge in [0.2, 0.25) is 5.95 Å². The maximum absolute atomic E-state index is 4.73. The summed E-state index contributed by atoms with van der Waals surface area (Å²) in [5.74, 6) is 3.41. The molecule has 0 bridgehead atoms. The molecule has 0 spiro atoms. The Morgan fingerprint density at radius 3 is 2.52 bits per heavy atom. The lowest BCUT2D eigenvalue weighted by molar-refractivity contribution is 0.634. The Bertz CT molecular complexity index is 953. The second kappa shape index (κ2) is 6.37. The van der Waals surface area contributed by atoms with Gasteiger partial charge in [-0.05, 0) is 25.0 Å². The molecule has 4 heterocycles. The molecule has 1 aliphatic heterocycles. The largest absolute Gasteiger partial charge is 0.363 e. The quantitative estimate of drug-likeness (QED) is 0.699. The number of rotatable bonds is 4. The number of anilines is 3. The normalized spacial score (nSPS) is 17.6. The van der Waals surface area contributed by atoms with Gasteiger partial charge in [-0.15, -0.1) is 0 Å². The minimum Gasteiger partial charge on any atom is -0.363 e. The summed E-state index contributed by atoms with van der Waals surface area (Å²) in [5, 5.41) is 4.73. The van der Waals surface area contributed by atoms with Crippen LogP contribution in [0.2, 0.25) is 0 Å². The van der Waals surface area contributed by atoms with Gasteiger partial charge in [0.1, 0.15) is 11.3 Å². The van der Waals surface area contributed by atoms with Crippen LogP contribution in [0.4, 0.5) is 17.6 Å². The van der Waals surface area contributed by atoms with Crippen molar-refractivity contribution in [3.63, 3.8) is 0 Å². The number of nitrogens with zero attached hydrogens (tertiary/aromatic N) is 8. The third-order valence-electron chi connectivity index (χ3n) is 5.33. The Morgan fingerprint density at radius 2 is 1.78 bits per heavy atom. The molecule has 5 rings (SSSR count). The fraction of sp³-hybridized carbons (Fsp3) is 0.474. The van der Waals surface area contributed by atoms with Crippen LogP contribution in [-0.2, 0) is 0 Å². The molecular formula is C19H24N8. The van der Waals surface area contributed by atoms with Crippen molar-refractivity contribution in [3.8, 4) is 0 Å². The van der Waals surface area contributed by atoms with E-state index in [1.165, 1.54) is 18.5 Å². The predicted molar refractivity (Wildman–Crippen MR) is 106 cm³/mol. The van der Waals surface area contributed by atoms with E-state index in [4.69, 9.17) is 5.10 Å². The van der Waals surface area contributed by atoms with E-state index < -0.39 is 0 Å². The van der Waals surface area contributed by atoms with Crippen LogP contribution in [0.1, 0.15) is 24.5 Å². The number of piperazine rings is 1. The Hall–Kier alpha value is -2.90. The Labute approximate surface area is 158 Å². The smallest absolute Gasteiger partial charge is 0.227 e. The summed E-state index contributed by atoms with van der Waals surface area (Å²) in [6, 6.07) is 4.15. The first-order valence-corrected chi connectivity index (χ1v) is 9.53. The van der Waals surface area contributed by atoms with Crippen molar-refractivity contribution in [2.75, 3.05) is 55.0 Å². The Morgan fingerprint density at radius 1 is 1.00 bits per heavy atom. The Kier molecular flexibility index (Phi) is 3.84. The molecule has 0 aromatic carbocycles. The van der Waals surface area contributed by atoms with Gasteiger partial charge in [0.25, 0.3) is 0 Å². The molecule has 2 fully saturated rings. The highest BCUT2D eigenvalue weighted by Gasteiger charge is 2.28. The van der Waals surface area contributed by atoms with Crippen molar-refractivity contribution in [2.24, 2.45) is 0 Å². The molecule has 0 N–H and O–H groups in total. The molecule has 0 radical (unpaired) electrons. The van der Waals surface area contributed by atoms with Gasteiger partial charge in [0.15, 0.2) is 5.82 Å². The first-order valence-electron chi connectivity index (χ1n) is 9.53. The van der Waals surface area contributed by atoms with E-state index in [-0.39, 0.29) is 0 Å². The predicted octanol–water partition coefficient (Wildman–Crippen LogP) is 1.79. The van der Waals surface area contributed by atoms with Crippen molar-refractivity contribution in [1.82, 2.24) is 24.6 Å². The molecule has 0 unspecified atom stereocenters. The zero-order valence-electron chi connectivity index (χ0n) is 15.8. The van der Waals surface area contributed by atoms with Crippen LogP contribution in [0, 0.1) is 0 Å². The summed E-state index contributed by atoms with van der Waals surface area (Å²) in [7, 11) is 4.00. The minimum absolute atomic E-state index is 0.649. The molecule has 8 heteroatoms. The average Bonchev–Trinajstić information content (AvgIpc) is 3.46. The van der Waals surface area contributed by atoms with E-state index in [0.29, 0.717) is 5.92 Å². The number of aromatic nitrogens is 5. The van der Waals surface area contributed by atoms with Crippen LogP contribution in [0.3, 0.4) is 0 Å². The molecule has 8 nitrogen and oxygen atoms in total. The summed E-state index contributed by atoms with van der Waals surface area (Å²) in [6.07, 6.45) is 8.15. The first-order chi connectivity index (χ1) is 13.2. The SMILES string of the molecule is CN(C)c1ccnc(N2CCN(c3nccn4nc(C5CC5)cc34)CC2)n1. The molecule has 3 aromatic heterocycles. The van der Waals surface area contributed by atoms with E-state index in [0.717, 1.165) is 49.3 Å². The van der Waals surface area contributed by atoms with Crippen molar-refractivity contribution in [3.05, 3.63) is 36.4 Å². The van der Waals surface area contributed by atoms with Crippen LogP contribution >= 0.6 is 0 Å². The number of hydrogen-bond acceptors (Lipinski definition) is 7. The van der Waals surface area contributed by atoms with Crippen molar-refractivity contribution >= 4 is 23.1 Å². The van der Waals surface area contributed by atoms with Crippen molar-refractivity contribution in [2.45, 2.75) is 18.8 Å². The summed E-state index contributed by atoms with van der Waals surface area (Å²) >= 11 is 0. The van der Waals surface area contributed by atoms with Crippen LogP contribution in [0.15, 0.2) is 30.7 Å². The van der Waals surface area contributed by atoms with Crippen molar-refractivity contribution in [1.29, 1.82) is 0 Å². The summed E-state index contributed by atoms with van der Waals surface area (Å²) < 4.78 is 1.98. The highest BCUT2D eigenvalue weighted by Crippen LogP contribution is 2.40. The number of hydrogen-bond donors (Lipinski definition) is 0. The molecule has 140 valence electrons. The first kappa shape index (κ1) is 16.3. The van der Waals surface area contributed by atoms with Crippen LogP contribution in [0.25, 0.3) is 5.52 Å². The van der Waals surface area contributed by atoms with Gasteiger partial charge in [-0.3, -0.25) is 0 Å². The zero-order chi connectivity index (χ0) is 18.4. The Balaban J connectivity index is 1.35. The molecule has 0 atom stereocenters. The lowest BCUT2D eigenvalue weighted by Crippen LogP contribution is -2.47. The van der Waals surface area contributed by atoms with Gasteiger partial charge in [0.05, 0.1) is 5.69 Å². The van der Waals surface area contributed by atoms with E-state index in [9.17, 15) is 0 Å². The van der Waals surface area contributed by atoms with E-state index in [2.05, 4.69) is 30.8 Å². The lowest BCUT2D eigenvalue weighted by atomic mass is 10.2. The second-order valence-electron chi connectivity index (χ2n) is 7.51. The van der Waals surface area contributed by atoms with Crippen LogP contribution in [0.5, 0.6) is 0 Å². The van der Waals surface area contributed by atoms with Crippen molar-refractivity contribution < 1.29 is 0 Å². The van der Waals surface area contributed by atoms with E-state index >= 15 is 0 Å². The number of fused-ring (bicyclic) bond motifs is 1. The highest BCUT2D eigenvalue weighted by molar-refractivity contribution is 5.70. The third-order valence-corrected chi connectivity index (χ3v) is 5.33. The monoisotopic (exact) mass is 364 g/mol. The van der Waals surface area contributed by atoms with Crippen LogP contribution in [-0.4, -0.2) is 64.8 Å². The van der Waals surface area contributed by atoms with Gasteiger partial charge in [-0.1, -0.05) is 0 Å². The lowest BCUT2D eigenvalue weighted by Gasteiger charge is -2.35. The van der Waals surface area contributed by atoms with Gasteiger partial charge in [0, 0.05) is 64.8 Å². The minimum atomic E-state index is 0.649. The maximum Gasteiger partial charge on any atom is 0.227 e. The highest BCUT2D eigenvalue weighted by atomic mass is 15.4. The van der Waals surface area contributed by atoms with Gasteiger partial charge >= 0.3 is 0 Å². The van der Waals surface area contributed by atoms with Gasteiger partial charge < -0.3 is 14.7 Å². The molecule has 1 aliphatic carbocycles. The van der Waals surface area contributed by atoms with Crippen LogP contribution < -0.4 is 14.7 Å². The molecule has 1 saturated heterocycles.